The van der Waals surface area contributed by atoms with Crippen LogP contribution in [0.1, 0.15) is 28.1 Å². The van der Waals surface area contributed by atoms with Gasteiger partial charge in [0.1, 0.15) is 18.4 Å². The van der Waals surface area contributed by atoms with Crippen molar-refractivity contribution in [2.45, 2.75) is 34.0 Å². The monoisotopic (exact) mass is 349 g/mol. The van der Waals surface area contributed by atoms with Crippen molar-refractivity contribution in [2.75, 3.05) is 0 Å². The van der Waals surface area contributed by atoms with Crippen molar-refractivity contribution < 1.29 is 14.8 Å². The van der Waals surface area contributed by atoms with Crippen molar-refractivity contribution in [3.8, 4) is 22.5 Å². The van der Waals surface area contributed by atoms with E-state index < -0.39 is 0 Å². The Bertz CT molecular complexity index is 965. The van der Waals surface area contributed by atoms with E-state index in [0.29, 0.717) is 0 Å². The molecule has 0 radical (unpaired) electrons. The van der Waals surface area contributed by atoms with E-state index >= 15 is 0 Å². The molecule has 26 heavy (non-hydrogen) atoms. The third kappa shape index (κ3) is 3.02. The molecule has 0 spiro atoms. The van der Waals surface area contributed by atoms with Gasteiger partial charge in [0.2, 0.25) is 11.4 Å². The van der Waals surface area contributed by atoms with E-state index in [4.69, 9.17) is 4.98 Å². The molecule has 0 saturated carbocycles. The second-order valence-corrected chi connectivity index (χ2v) is 6.62. The zero-order valence-electron chi connectivity index (χ0n) is 15.7. The highest BCUT2D eigenvalue weighted by Crippen LogP contribution is 2.30. The molecule has 1 aromatic heterocycles. The summed E-state index contributed by atoms with van der Waals surface area (Å²) in [6, 6.07) is 13.8. The van der Waals surface area contributed by atoms with Crippen LogP contribution in [0, 0.1) is 20.8 Å². The van der Waals surface area contributed by atoms with Crippen LogP contribution in [-0.4, -0.2) is 15.2 Å². The quantitative estimate of drug-likeness (QED) is 0.712. The largest absolute Gasteiger partial charge is 0.392 e. The predicted molar refractivity (Wildman–Crippen MR) is 102 cm³/mol. The minimum absolute atomic E-state index is 0.00933. The van der Waals surface area contributed by atoms with E-state index in [1.807, 2.05) is 57.3 Å². The van der Waals surface area contributed by atoms with Gasteiger partial charge in [0.05, 0.1) is 18.8 Å². The topological polar surface area (TPSA) is 57.2 Å². The Balaban J connectivity index is 2.29. The lowest BCUT2D eigenvalue weighted by Gasteiger charge is -2.15. The first-order valence-corrected chi connectivity index (χ1v) is 8.75. The average molecular weight is 349 g/mol. The van der Waals surface area contributed by atoms with E-state index in [1.54, 1.807) is 0 Å². The number of aliphatic hydroxyl groups is 2. The molecule has 0 saturated heterocycles. The summed E-state index contributed by atoms with van der Waals surface area (Å²) in [6.07, 6.45) is 0. The molecule has 0 fully saturated rings. The summed E-state index contributed by atoms with van der Waals surface area (Å²) in [4.78, 5) is 4.89. The molecule has 4 heteroatoms. The number of aromatic nitrogens is 2. The zero-order valence-corrected chi connectivity index (χ0v) is 15.7. The molecular formula is C22H25N2O2+. The molecule has 1 heterocycles. The average Bonchev–Trinajstić information content (AvgIpc) is 2.65. The number of hydrogen-bond donors (Lipinski definition) is 2. The van der Waals surface area contributed by atoms with Crippen LogP contribution in [-0.2, 0) is 20.3 Å². The van der Waals surface area contributed by atoms with Crippen LogP contribution < -0.4 is 4.57 Å². The molecule has 0 amide bonds. The molecule has 2 N–H and O–H groups in total. The van der Waals surface area contributed by atoms with E-state index in [1.165, 1.54) is 0 Å². The fraction of sp³-hybridized carbons (Fsp3) is 0.273. The molecule has 3 rings (SSSR count). The normalized spacial score (nSPS) is 11.0. The van der Waals surface area contributed by atoms with Gasteiger partial charge in [-0.15, -0.1) is 0 Å². The molecule has 0 aliphatic rings. The Morgan fingerprint density at radius 1 is 0.885 bits per heavy atom. The Hall–Kier alpha value is -2.56. The van der Waals surface area contributed by atoms with Crippen LogP contribution in [0.15, 0.2) is 42.5 Å². The molecule has 2 aromatic carbocycles. The van der Waals surface area contributed by atoms with Gasteiger partial charge in [-0.3, -0.25) is 0 Å². The van der Waals surface area contributed by atoms with Gasteiger partial charge in [-0.05, 0) is 30.5 Å². The molecule has 0 aliphatic carbocycles. The maximum atomic E-state index is 9.80. The molecule has 3 aromatic rings. The van der Waals surface area contributed by atoms with E-state index in [9.17, 15) is 10.2 Å². The van der Waals surface area contributed by atoms with Gasteiger partial charge >= 0.3 is 0 Å². The highest BCUT2D eigenvalue weighted by atomic mass is 16.3. The smallest absolute Gasteiger partial charge is 0.234 e. The van der Waals surface area contributed by atoms with Crippen molar-refractivity contribution in [2.24, 2.45) is 7.05 Å². The molecule has 0 atom stereocenters. The van der Waals surface area contributed by atoms with Crippen molar-refractivity contribution in [1.29, 1.82) is 0 Å². The van der Waals surface area contributed by atoms with Crippen molar-refractivity contribution in [3.05, 3.63) is 70.5 Å². The van der Waals surface area contributed by atoms with Crippen LogP contribution >= 0.6 is 0 Å². The fourth-order valence-corrected chi connectivity index (χ4v) is 3.56. The Morgan fingerprint density at radius 3 is 2.23 bits per heavy atom. The third-order valence-electron chi connectivity index (χ3n) is 5.01. The Morgan fingerprint density at radius 2 is 1.54 bits per heavy atom. The second kappa shape index (κ2) is 7.36. The first-order valence-electron chi connectivity index (χ1n) is 8.75. The minimum atomic E-state index is -0.0196. The summed E-state index contributed by atoms with van der Waals surface area (Å²) in [7, 11) is 2.03. The van der Waals surface area contributed by atoms with Gasteiger partial charge in [-0.2, -0.15) is 4.57 Å². The van der Waals surface area contributed by atoms with Crippen molar-refractivity contribution in [1.82, 2.24) is 4.98 Å². The molecular weight excluding hydrogens is 324 g/mol. The van der Waals surface area contributed by atoms with Gasteiger partial charge in [-0.1, -0.05) is 42.5 Å². The lowest BCUT2D eigenvalue weighted by Crippen LogP contribution is -2.37. The first kappa shape index (κ1) is 18.2. The number of aryl methyl sites for hydroxylation is 2. The first-order chi connectivity index (χ1) is 12.5. The maximum absolute atomic E-state index is 9.80. The lowest BCUT2D eigenvalue weighted by atomic mass is 9.96. The maximum Gasteiger partial charge on any atom is 0.234 e. The van der Waals surface area contributed by atoms with Crippen molar-refractivity contribution in [3.63, 3.8) is 0 Å². The minimum Gasteiger partial charge on any atom is -0.392 e. The van der Waals surface area contributed by atoms with E-state index in [-0.39, 0.29) is 13.2 Å². The SMILES string of the molecule is Cc1cccc(CO)c1-c1c(C)nc(-c2ccccc2CO)c(C)[n+]1C. The van der Waals surface area contributed by atoms with Gasteiger partial charge in [0.15, 0.2) is 0 Å². The highest BCUT2D eigenvalue weighted by molar-refractivity contribution is 5.70. The fourth-order valence-electron chi connectivity index (χ4n) is 3.56. The standard InChI is InChI=1S/C22H25N2O2/c1-14-8-7-10-18(13-26)20(14)22-15(2)23-21(16(3)24(22)4)19-11-6-5-9-17(19)12-25/h5-11,25-26H,12-13H2,1-4H3/q+1. The summed E-state index contributed by atoms with van der Waals surface area (Å²) in [5, 5.41) is 19.5. The van der Waals surface area contributed by atoms with E-state index in [2.05, 4.69) is 17.6 Å². The van der Waals surface area contributed by atoms with Crippen molar-refractivity contribution >= 4 is 0 Å². The summed E-state index contributed by atoms with van der Waals surface area (Å²) in [6.45, 7) is 6.06. The summed E-state index contributed by atoms with van der Waals surface area (Å²) in [5.74, 6) is 0. The second-order valence-electron chi connectivity index (χ2n) is 6.62. The van der Waals surface area contributed by atoms with Gasteiger partial charge in [0, 0.05) is 12.5 Å². The van der Waals surface area contributed by atoms with Crippen LogP contribution in [0.25, 0.3) is 22.5 Å². The number of hydrogen-bond acceptors (Lipinski definition) is 3. The Labute approximate surface area is 154 Å². The summed E-state index contributed by atoms with van der Waals surface area (Å²) >= 11 is 0. The van der Waals surface area contributed by atoms with Gasteiger partial charge in [-0.25, -0.2) is 4.98 Å². The third-order valence-corrected chi connectivity index (χ3v) is 5.01. The predicted octanol–water partition coefficient (Wildman–Crippen LogP) is 3.15. The lowest BCUT2D eigenvalue weighted by molar-refractivity contribution is -0.666. The summed E-state index contributed by atoms with van der Waals surface area (Å²) < 4.78 is 2.13. The van der Waals surface area contributed by atoms with Crippen LogP contribution in [0.4, 0.5) is 0 Å². The van der Waals surface area contributed by atoms with E-state index in [0.717, 1.165) is 50.6 Å². The molecule has 0 unspecified atom stereocenters. The molecule has 0 bridgehead atoms. The van der Waals surface area contributed by atoms with Crippen LogP contribution in [0.5, 0.6) is 0 Å². The van der Waals surface area contributed by atoms with Gasteiger partial charge < -0.3 is 10.2 Å². The molecule has 134 valence electrons. The number of nitrogens with zero attached hydrogens (tertiary/aromatic N) is 2. The highest BCUT2D eigenvalue weighted by Gasteiger charge is 2.25. The summed E-state index contributed by atoms with van der Waals surface area (Å²) in [5.41, 5.74) is 8.64. The van der Waals surface area contributed by atoms with Crippen LogP contribution in [0.2, 0.25) is 0 Å². The Kier molecular flexibility index (Phi) is 5.16. The van der Waals surface area contributed by atoms with Crippen LogP contribution in [0.3, 0.4) is 0 Å². The zero-order chi connectivity index (χ0) is 18.8. The number of benzene rings is 2. The number of rotatable bonds is 4. The number of aliphatic hydroxyl groups excluding tert-OH is 2. The molecule has 0 aliphatic heterocycles. The van der Waals surface area contributed by atoms with Gasteiger partial charge in [0.25, 0.3) is 0 Å². The molecule has 4 nitrogen and oxygen atoms in total.